The first kappa shape index (κ1) is 60.1. The third-order valence-corrected chi connectivity index (χ3v) is 11.5. The second kappa shape index (κ2) is 51.7. The van der Waals surface area contributed by atoms with Gasteiger partial charge in [-0.05, 0) is 83.5 Å². The summed E-state index contributed by atoms with van der Waals surface area (Å²) in [4.78, 5) is 38.0. The predicted molar refractivity (Wildman–Crippen MR) is 270 cm³/mol. The second-order valence-electron chi connectivity index (χ2n) is 17.8. The largest absolute Gasteiger partial charge is 0.462 e. The summed E-state index contributed by atoms with van der Waals surface area (Å²) in [6.07, 6.45) is 63.5. The first-order chi connectivity index (χ1) is 31.0. The normalized spacial score (nSPS) is 12.5. The number of allylic oxidation sites excluding steroid dienone is 10. The quantitative estimate of drug-likeness (QED) is 0.0262. The van der Waals surface area contributed by atoms with E-state index < -0.39 is 6.10 Å². The molecule has 0 unspecified atom stereocenters. The average Bonchev–Trinajstić information content (AvgIpc) is 3.28. The molecule has 0 N–H and O–H groups in total. The predicted octanol–water partition coefficient (Wildman–Crippen LogP) is 17.6. The van der Waals surface area contributed by atoms with E-state index in [1.807, 2.05) is 0 Å². The van der Waals surface area contributed by atoms with E-state index in [9.17, 15) is 14.4 Å². The Morgan fingerprint density at radius 3 is 0.984 bits per heavy atom. The standard InChI is InChI=1S/C57H100O6/c1-4-7-10-13-16-19-22-25-27-28-30-33-36-39-42-45-48-51-57(60)63-54(52-61-55(58)49-46-43-40-37-34-31-24-21-18-15-12-9-6-3)53-62-56(59)50-47-44-41-38-35-32-29-26-23-20-17-14-11-8-5-2/h16,19,25-27,29-30,33,39,42,54H,4-15,17-18,20-24,28,31-32,34-38,40-41,43-53H2,1-3H3/b19-16-,27-25-,29-26-,33-30-,42-39-/t54-/m1/s1. The van der Waals surface area contributed by atoms with E-state index in [0.29, 0.717) is 19.3 Å². The number of esters is 3. The summed E-state index contributed by atoms with van der Waals surface area (Å²) in [5.74, 6) is -0.955. The molecule has 0 bridgehead atoms. The van der Waals surface area contributed by atoms with Gasteiger partial charge in [-0.3, -0.25) is 14.4 Å². The number of unbranched alkanes of at least 4 members (excludes halogenated alkanes) is 27. The molecule has 0 spiro atoms. The van der Waals surface area contributed by atoms with Crippen LogP contribution in [0.3, 0.4) is 0 Å². The van der Waals surface area contributed by atoms with Gasteiger partial charge in [0.25, 0.3) is 0 Å². The topological polar surface area (TPSA) is 78.9 Å². The third-order valence-electron chi connectivity index (χ3n) is 11.5. The number of ether oxygens (including phenoxy) is 3. The van der Waals surface area contributed by atoms with Crippen LogP contribution in [-0.4, -0.2) is 37.2 Å². The molecule has 6 heteroatoms. The fourth-order valence-corrected chi connectivity index (χ4v) is 7.43. The van der Waals surface area contributed by atoms with Crippen LogP contribution in [0.2, 0.25) is 0 Å². The van der Waals surface area contributed by atoms with Crippen molar-refractivity contribution in [1.82, 2.24) is 0 Å². The van der Waals surface area contributed by atoms with Gasteiger partial charge < -0.3 is 14.2 Å². The minimum Gasteiger partial charge on any atom is -0.462 e. The molecular formula is C57H100O6. The first-order valence-electron chi connectivity index (χ1n) is 26.8. The molecule has 0 saturated carbocycles. The second-order valence-corrected chi connectivity index (χ2v) is 17.8. The molecule has 0 aliphatic rings. The van der Waals surface area contributed by atoms with Crippen LogP contribution in [0.4, 0.5) is 0 Å². The minimum atomic E-state index is -0.803. The van der Waals surface area contributed by atoms with Crippen molar-refractivity contribution >= 4 is 17.9 Å². The highest BCUT2D eigenvalue weighted by atomic mass is 16.6. The Balaban J connectivity index is 4.47. The molecule has 0 amide bonds. The zero-order chi connectivity index (χ0) is 45.8. The van der Waals surface area contributed by atoms with Gasteiger partial charge in [0.05, 0.1) is 0 Å². The molecule has 6 nitrogen and oxygen atoms in total. The molecule has 1 atom stereocenters. The van der Waals surface area contributed by atoms with Gasteiger partial charge in [-0.1, -0.05) is 223 Å². The van der Waals surface area contributed by atoms with Crippen LogP contribution >= 0.6 is 0 Å². The molecule has 0 saturated heterocycles. The summed E-state index contributed by atoms with van der Waals surface area (Å²) in [5, 5.41) is 0. The number of rotatable bonds is 48. The summed E-state index contributed by atoms with van der Waals surface area (Å²) >= 11 is 0. The molecule has 0 aliphatic heterocycles. The highest BCUT2D eigenvalue weighted by Crippen LogP contribution is 2.15. The molecule has 0 fully saturated rings. The Morgan fingerprint density at radius 1 is 0.317 bits per heavy atom. The van der Waals surface area contributed by atoms with Gasteiger partial charge in [0, 0.05) is 19.3 Å². The van der Waals surface area contributed by atoms with Crippen molar-refractivity contribution in [3.63, 3.8) is 0 Å². The van der Waals surface area contributed by atoms with Crippen molar-refractivity contribution in [3.8, 4) is 0 Å². The maximum absolute atomic E-state index is 12.8. The lowest BCUT2D eigenvalue weighted by molar-refractivity contribution is -0.167. The van der Waals surface area contributed by atoms with Gasteiger partial charge in [0.2, 0.25) is 0 Å². The van der Waals surface area contributed by atoms with Crippen LogP contribution in [0.1, 0.15) is 265 Å². The Bertz CT molecular complexity index is 1150. The van der Waals surface area contributed by atoms with Gasteiger partial charge in [0.1, 0.15) is 13.2 Å². The number of hydrogen-bond acceptors (Lipinski definition) is 6. The lowest BCUT2D eigenvalue weighted by atomic mass is 10.0. The minimum absolute atomic E-state index is 0.0964. The maximum Gasteiger partial charge on any atom is 0.306 e. The zero-order valence-corrected chi connectivity index (χ0v) is 41.6. The van der Waals surface area contributed by atoms with Crippen molar-refractivity contribution in [3.05, 3.63) is 60.8 Å². The summed E-state index contributed by atoms with van der Waals surface area (Å²) in [7, 11) is 0. The van der Waals surface area contributed by atoms with Crippen molar-refractivity contribution in [1.29, 1.82) is 0 Å². The third kappa shape index (κ3) is 50.0. The summed E-state index contributed by atoms with van der Waals surface area (Å²) < 4.78 is 16.8. The fraction of sp³-hybridized carbons (Fsp3) is 0.772. The van der Waals surface area contributed by atoms with Crippen molar-refractivity contribution < 1.29 is 28.6 Å². The van der Waals surface area contributed by atoms with Crippen LogP contribution in [0.15, 0.2) is 60.8 Å². The van der Waals surface area contributed by atoms with Crippen LogP contribution in [0.5, 0.6) is 0 Å². The van der Waals surface area contributed by atoms with E-state index in [0.717, 1.165) is 70.6 Å². The van der Waals surface area contributed by atoms with E-state index >= 15 is 0 Å². The van der Waals surface area contributed by atoms with Crippen LogP contribution in [-0.2, 0) is 28.6 Å². The van der Waals surface area contributed by atoms with Crippen LogP contribution in [0.25, 0.3) is 0 Å². The molecule has 0 radical (unpaired) electrons. The molecule has 0 aliphatic carbocycles. The van der Waals surface area contributed by atoms with Gasteiger partial charge >= 0.3 is 17.9 Å². The van der Waals surface area contributed by atoms with E-state index in [-0.39, 0.29) is 37.5 Å². The molecule has 0 heterocycles. The smallest absolute Gasteiger partial charge is 0.306 e. The molecule has 364 valence electrons. The number of carbonyl (C=O) groups excluding carboxylic acids is 3. The van der Waals surface area contributed by atoms with Crippen molar-refractivity contribution in [2.75, 3.05) is 13.2 Å². The SMILES string of the molecule is CCCCC/C=C\C/C=C\C/C=C\C/C=C\CCCC(=O)O[C@@H](COC(=O)CCCCCCC/C=C\CCCCCCCC)COC(=O)CCCCCCCCCCCCCCC. The monoisotopic (exact) mass is 881 g/mol. The lowest BCUT2D eigenvalue weighted by Gasteiger charge is -2.18. The van der Waals surface area contributed by atoms with Crippen LogP contribution in [0, 0.1) is 0 Å². The molecule has 0 aromatic heterocycles. The lowest BCUT2D eigenvalue weighted by Crippen LogP contribution is -2.30. The van der Waals surface area contributed by atoms with Gasteiger partial charge in [-0.25, -0.2) is 0 Å². The van der Waals surface area contributed by atoms with Gasteiger partial charge in [0.15, 0.2) is 6.10 Å². The first-order valence-corrected chi connectivity index (χ1v) is 26.8. The van der Waals surface area contributed by atoms with Crippen molar-refractivity contribution in [2.24, 2.45) is 0 Å². The zero-order valence-electron chi connectivity index (χ0n) is 41.6. The van der Waals surface area contributed by atoms with Crippen molar-refractivity contribution in [2.45, 2.75) is 271 Å². The summed E-state index contributed by atoms with van der Waals surface area (Å²) in [6.45, 7) is 6.56. The Hall–Kier alpha value is -2.89. The molecule has 0 aromatic rings. The maximum atomic E-state index is 12.8. The molecular weight excluding hydrogens is 781 g/mol. The molecule has 0 aromatic carbocycles. The molecule has 0 rings (SSSR count). The number of carbonyl (C=O) groups is 3. The van der Waals surface area contributed by atoms with E-state index in [4.69, 9.17) is 14.2 Å². The highest BCUT2D eigenvalue weighted by molar-refractivity contribution is 5.71. The van der Waals surface area contributed by atoms with E-state index in [1.54, 1.807) is 0 Å². The van der Waals surface area contributed by atoms with E-state index in [2.05, 4.69) is 81.5 Å². The average molecular weight is 881 g/mol. The molecule has 63 heavy (non-hydrogen) atoms. The van der Waals surface area contributed by atoms with Crippen LogP contribution < -0.4 is 0 Å². The summed E-state index contributed by atoms with van der Waals surface area (Å²) in [5.41, 5.74) is 0. The fourth-order valence-electron chi connectivity index (χ4n) is 7.43. The summed E-state index contributed by atoms with van der Waals surface area (Å²) in [6, 6.07) is 0. The Kier molecular flexibility index (Phi) is 49.4. The highest BCUT2D eigenvalue weighted by Gasteiger charge is 2.19. The number of hydrogen-bond donors (Lipinski definition) is 0. The van der Waals surface area contributed by atoms with Gasteiger partial charge in [-0.15, -0.1) is 0 Å². The Labute approximate surface area is 390 Å². The van der Waals surface area contributed by atoms with Gasteiger partial charge in [-0.2, -0.15) is 0 Å². The van der Waals surface area contributed by atoms with E-state index in [1.165, 1.54) is 148 Å². The Morgan fingerprint density at radius 2 is 0.587 bits per heavy atom.